The van der Waals surface area contributed by atoms with E-state index in [2.05, 4.69) is 26.5 Å². The molecule has 9 unspecified atom stereocenters. The van der Waals surface area contributed by atoms with Crippen LogP contribution in [0.3, 0.4) is 0 Å². The van der Waals surface area contributed by atoms with Gasteiger partial charge in [-0.2, -0.15) is 0 Å². The van der Waals surface area contributed by atoms with Crippen molar-refractivity contribution >= 4 is 5.97 Å². The molecule has 0 amide bonds. The van der Waals surface area contributed by atoms with Crippen LogP contribution in [-0.2, 0) is 38.0 Å². The second-order valence-electron chi connectivity index (χ2n) is 18.9. The number of carboxylic acid groups (broad SMARTS) is 1. The van der Waals surface area contributed by atoms with Gasteiger partial charge in [0, 0.05) is 38.0 Å². The predicted octanol–water partition coefficient (Wildman–Crippen LogP) is 5.21. The SMILES string of the molecule is C=C1C(O)C2OC3(CC[C@H](/C=C/[C@@H](C)C4CC(C)=C[C@@]5(OC(C[C@@](C)(O)C(=O)O)CCC5O)O4)O3)CC[C@H]2OC1C(O)C[C@H](C)[C@H]1O[C@@]2(CCCCO2)CCC1C. The molecule has 0 radical (unpaired) electrons. The van der Waals surface area contributed by atoms with Gasteiger partial charge in [-0.3, -0.25) is 0 Å². The summed E-state index contributed by atoms with van der Waals surface area (Å²) in [6.07, 6.45) is 9.37. The normalized spacial score (nSPS) is 45.4. The lowest BCUT2D eigenvalue weighted by Crippen LogP contribution is -2.60. The van der Waals surface area contributed by atoms with Gasteiger partial charge in [-0.25, -0.2) is 4.79 Å². The Bertz CT molecular complexity index is 1510. The van der Waals surface area contributed by atoms with Crippen LogP contribution in [0.25, 0.3) is 0 Å². The standard InChI is InChI=1S/C44H68O13/c1-25-21-34(55-44(23-25)35(46)12-11-31(54-44)24-41(6,50)40(48)49)26(2)9-10-30-14-18-43(53-30)19-15-33-39(57-43)36(47)29(5)38(52-33)32(45)22-28(4)37-27(3)13-17-42(56-37)16-7-8-20-51-42/h9-10,23,26-28,30-39,45-47,50H,5,7-8,11-22,24H2,1-4,6H3,(H,48,49)/b10-9+/t26-,27?,28+,30+,31?,32?,33-,34?,35?,36?,37+,38?,39?,41-,42+,43?,44-/m1/s1. The minimum Gasteiger partial charge on any atom is -0.479 e. The van der Waals surface area contributed by atoms with E-state index in [0.29, 0.717) is 56.4 Å². The van der Waals surface area contributed by atoms with Crippen molar-refractivity contribution in [3.63, 3.8) is 0 Å². The molecular weight excluding hydrogens is 736 g/mol. The maximum Gasteiger partial charge on any atom is 0.335 e. The van der Waals surface area contributed by atoms with Crippen LogP contribution in [0.5, 0.6) is 0 Å². The van der Waals surface area contributed by atoms with Crippen molar-refractivity contribution in [1.82, 2.24) is 0 Å². The average molecular weight is 805 g/mol. The van der Waals surface area contributed by atoms with E-state index < -0.39 is 71.7 Å². The Hall–Kier alpha value is -1.75. The molecule has 7 heterocycles. The van der Waals surface area contributed by atoms with Crippen LogP contribution in [0.4, 0.5) is 0 Å². The highest BCUT2D eigenvalue weighted by Crippen LogP contribution is 2.47. The molecule has 0 saturated carbocycles. The van der Waals surface area contributed by atoms with Crippen molar-refractivity contribution in [3.05, 3.63) is 36.0 Å². The monoisotopic (exact) mass is 804 g/mol. The Morgan fingerprint density at radius 2 is 1.75 bits per heavy atom. The van der Waals surface area contributed by atoms with Gasteiger partial charge in [0.15, 0.2) is 17.2 Å². The average Bonchev–Trinajstić information content (AvgIpc) is 3.56. The summed E-state index contributed by atoms with van der Waals surface area (Å²) in [7, 11) is 0. The van der Waals surface area contributed by atoms with Crippen LogP contribution in [-0.4, -0.2) is 122 Å². The fourth-order valence-corrected chi connectivity index (χ4v) is 10.5. The molecule has 17 atom stereocenters. The number of fused-ring (bicyclic) bond motifs is 1. The Kier molecular flexibility index (Phi) is 12.9. The largest absolute Gasteiger partial charge is 0.479 e. The fourth-order valence-electron chi connectivity index (χ4n) is 10.5. The van der Waals surface area contributed by atoms with Gasteiger partial charge in [-0.15, -0.1) is 0 Å². The predicted molar refractivity (Wildman–Crippen MR) is 208 cm³/mol. The number of ether oxygens (including phenoxy) is 7. The van der Waals surface area contributed by atoms with Crippen molar-refractivity contribution in [2.45, 2.75) is 209 Å². The summed E-state index contributed by atoms with van der Waals surface area (Å²) in [5.74, 6) is -3.82. The van der Waals surface area contributed by atoms with E-state index in [9.17, 15) is 30.3 Å². The van der Waals surface area contributed by atoms with E-state index in [1.165, 1.54) is 6.92 Å². The van der Waals surface area contributed by atoms with Crippen LogP contribution < -0.4 is 0 Å². The van der Waals surface area contributed by atoms with Gasteiger partial charge in [-0.05, 0) is 95.1 Å². The molecule has 6 fully saturated rings. The second-order valence-corrected chi connectivity index (χ2v) is 18.9. The Labute approximate surface area is 337 Å². The van der Waals surface area contributed by atoms with Gasteiger partial charge >= 0.3 is 5.97 Å². The summed E-state index contributed by atoms with van der Waals surface area (Å²) < 4.78 is 45.2. The first-order valence-electron chi connectivity index (χ1n) is 21.7. The third-order valence-electron chi connectivity index (χ3n) is 14.0. The highest BCUT2D eigenvalue weighted by Gasteiger charge is 2.55. The van der Waals surface area contributed by atoms with Crippen molar-refractivity contribution in [2.75, 3.05) is 6.61 Å². The van der Waals surface area contributed by atoms with Gasteiger partial charge in [0.1, 0.15) is 24.4 Å². The van der Waals surface area contributed by atoms with E-state index in [4.69, 9.17) is 33.2 Å². The summed E-state index contributed by atoms with van der Waals surface area (Å²) in [6.45, 7) is 14.5. The number of hydrogen-bond donors (Lipinski definition) is 5. The third-order valence-corrected chi connectivity index (χ3v) is 14.0. The summed E-state index contributed by atoms with van der Waals surface area (Å²) in [5.41, 5.74) is -0.551. The highest BCUT2D eigenvalue weighted by atomic mass is 16.7. The van der Waals surface area contributed by atoms with Crippen molar-refractivity contribution in [3.8, 4) is 0 Å². The number of carboxylic acids is 1. The lowest BCUT2D eigenvalue weighted by Gasteiger charge is -2.50. The molecule has 7 aliphatic rings. The molecule has 7 aliphatic heterocycles. The summed E-state index contributed by atoms with van der Waals surface area (Å²) >= 11 is 0. The molecule has 5 N–H and O–H groups in total. The van der Waals surface area contributed by atoms with Gasteiger partial charge in [0.25, 0.3) is 0 Å². The summed E-state index contributed by atoms with van der Waals surface area (Å²) in [5, 5.41) is 54.0. The number of aliphatic hydroxyl groups excluding tert-OH is 3. The Morgan fingerprint density at radius 3 is 2.49 bits per heavy atom. The van der Waals surface area contributed by atoms with Crippen molar-refractivity contribution in [1.29, 1.82) is 0 Å². The van der Waals surface area contributed by atoms with E-state index in [-0.39, 0.29) is 36.6 Å². The zero-order valence-corrected chi connectivity index (χ0v) is 34.6. The molecule has 0 aromatic carbocycles. The first-order chi connectivity index (χ1) is 26.9. The lowest BCUT2D eigenvalue weighted by molar-refractivity contribution is -0.321. The summed E-state index contributed by atoms with van der Waals surface area (Å²) in [4.78, 5) is 11.6. The zero-order valence-electron chi connectivity index (χ0n) is 34.6. The van der Waals surface area contributed by atoms with E-state index in [1.54, 1.807) is 6.08 Å². The molecule has 322 valence electrons. The lowest BCUT2D eigenvalue weighted by atomic mass is 9.79. The van der Waals surface area contributed by atoms with Crippen LogP contribution in [0.1, 0.15) is 125 Å². The topological polar surface area (TPSA) is 183 Å². The smallest absolute Gasteiger partial charge is 0.335 e. The highest BCUT2D eigenvalue weighted by molar-refractivity contribution is 5.76. The van der Waals surface area contributed by atoms with Gasteiger partial charge in [0.2, 0.25) is 5.79 Å². The third kappa shape index (κ3) is 9.15. The molecule has 3 spiro atoms. The van der Waals surface area contributed by atoms with Crippen molar-refractivity contribution in [2.24, 2.45) is 17.8 Å². The van der Waals surface area contributed by atoms with Crippen LogP contribution in [0.2, 0.25) is 0 Å². The number of aliphatic carboxylic acids is 1. The maximum absolute atomic E-state index is 11.6. The second kappa shape index (κ2) is 17.0. The minimum atomic E-state index is -1.96. The first-order valence-corrected chi connectivity index (χ1v) is 21.7. The molecule has 7 rings (SSSR count). The van der Waals surface area contributed by atoms with Gasteiger partial charge in [0.05, 0.1) is 43.2 Å². The van der Waals surface area contributed by atoms with E-state index >= 15 is 0 Å². The number of carbonyl (C=O) groups is 1. The molecule has 0 bridgehead atoms. The van der Waals surface area contributed by atoms with Gasteiger partial charge < -0.3 is 58.7 Å². The molecule has 6 saturated heterocycles. The molecule has 0 aromatic rings. The number of hydrogen-bond acceptors (Lipinski definition) is 12. The quantitative estimate of drug-likeness (QED) is 0.182. The first kappa shape index (κ1) is 43.3. The Morgan fingerprint density at radius 1 is 1.00 bits per heavy atom. The minimum absolute atomic E-state index is 0.0423. The maximum atomic E-state index is 11.6. The number of rotatable bonds is 10. The molecule has 13 nitrogen and oxygen atoms in total. The van der Waals surface area contributed by atoms with Gasteiger partial charge in [-0.1, -0.05) is 45.1 Å². The zero-order chi connectivity index (χ0) is 40.9. The van der Waals surface area contributed by atoms with Crippen LogP contribution >= 0.6 is 0 Å². The summed E-state index contributed by atoms with van der Waals surface area (Å²) in [6, 6.07) is 0. The van der Waals surface area contributed by atoms with E-state index in [1.807, 2.05) is 19.9 Å². The van der Waals surface area contributed by atoms with Crippen LogP contribution in [0, 0.1) is 17.8 Å². The number of aliphatic hydroxyl groups is 4. The van der Waals surface area contributed by atoms with Crippen LogP contribution in [0.15, 0.2) is 36.0 Å². The molecule has 57 heavy (non-hydrogen) atoms. The molecular formula is C44H68O13. The fraction of sp³-hybridized carbons (Fsp3) is 0.841. The molecule has 0 aliphatic carbocycles. The molecule has 0 aromatic heterocycles. The molecule has 13 heteroatoms. The Balaban J connectivity index is 0.920. The van der Waals surface area contributed by atoms with E-state index in [0.717, 1.165) is 50.7 Å². The van der Waals surface area contributed by atoms with Crippen molar-refractivity contribution < 1.29 is 63.5 Å².